The first-order chi connectivity index (χ1) is 8.31. The maximum atomic E-state index is 13.7. The second-order valence-electron chi connectivity index (χ2n) is 4.07. The molecule has 4 nitrogen and oxygen atoms in total. The predicted molar refractivity (Wildman–Crippen MR) is 58.0 cm³/mol. The molecule has 0 aliphatic heterocycles. The van der Waals surface area contributed by atoms with Gasteiger partial charge in [-0.1, -0.05) is 17.3 Å². The van der Waals surface area contributed by atoms with E-state index in [1.165, 1.54) is 10.7 Å². The number of para-hydroxylation sites is 1. The fraction of sp³-hybridized carbons (Fsp3) is 0.250. The molecular formula is C12H9FN4. The third kappa shape index (κ3) is 1.58. The van der Waals surface area contributed by atoms with Crippen molar-refractivity contribution in [2.75, 3.05) is 0 Å². The molecule has 2 aromatic rings. The molecule has 1 fully saturated rings. The van der Waals surface area contributed by atoms with Crippen molar-refractivity contribution in [3.63, 3.8) is 0 Å². The molecule has 0 amide bonds. The van der Waals surface area contributed by atoms with Gasteiger partial charge in [-0.15, -0.1) is 5.10 Å². The Morgan fingerprint density at radius 3 is 2.76 bits per heavy atom. The zero-order chi connectivity index (χ0) is 11.8. The molecule has 84 valence electrons. The molecule has 1 saturated carbocycles. The van der Waals surface area contributed by atoms with E-state index < -0.39 is 0 Å². The van der Waals surface area contributed by atoms with Crippen molar-refractivity contribution < 1.29 is 4.39 Å². The number of nitrogens with zero attached hydrogens (tertiary/aromatic N) is 4. The highest BCUT2D eigenvalue weighted by molar-refractivity contribution is 5.40. The molecule has 1 aromatic heterocycles. The van der Waals surface area contributed by atoms with Crippen LogP contribution in [0.15, 0.2) is 24.3 Å². The Bertz CT molecular complexity index is 607. The van der Waals surface area contributed by atoms with Gasteiger partial charge in [-0.25, -0.2) is 9.07 Å². The number of nitriles is 1. The van der Waals surface area contributed by atoms with Gasteiger partial charge in [0.05, 0.1) is 5.69 Å². The quantitative estimate of drug-likeness (QED) is 0.791. The molecule has 0 spiro atoms. The number of halogens is 1. The summed E-state index contributed by atoms with van der Waals surface area (Å²) in [6.45, 7) is 0. The van der Waals surface area contributed by atoms with Crippen LogP contribution in [-0.4, -0.2) is 15.0 Å². The van der Waals surface area contributed by atoms with Gasteiger partial charge >= 0.3 is 0 Å². The van der Waals surface area contributed by atoms with Crippen LogP contribution in [0.25, 0.3) is 5.69 Å². The summed E-state index contributed by atoms with van der Waals surface area (Å²) in [6.07, 6.45) is 2.02. The van der Waals surface area contributed by atoms with E-state index in [1.807, 2.05) is 6.07 Å². The van der Waals surface area contributed by atoms with Crippen molar-refractivity contribution >= 4 is 0 Å². The second-order valence-corrected chi connectivity index (χ2v) is 4.07. The molecule has 1 aliphatic rings. The van der Waals surface area contributed by atoms with Crippen LogP contribution in [0, 0.1) is 17.1 Å². The first-order valence-corrected chi connectivity index (χ1v) is 5.42. The Hall–Kier alpha value is -2.22. The number of benzene rings is 1. The predicted octanol–water partition coefficient (Wildman–Crippen LogP) is 2.16. The lowest BCUT2D eigenvalue weighted by atomic mass is 10.2. The van der Waals surface area contributed by atoms with Gasteiger partial charge in [-0.3, -0.25) is 0 Å². The van der Waals surface area contributed by atoms with E-state index in [0.29, 0.717) is 17.3 Å². The normalized spacial score (nSPS) is 14.6. The zero-order valence-corrected chi connectivity index (χ0v) is 8.97. The average Bonchev–Trinajstić information content (AvgIpc) is 3.10. The smallest absolute Gasteiger partial charge is 0.186 e. The highest BCUT2D eigenvalue weighted by Crippen LogP contribution is 2.41. The van der Waals surface area contributed by atoms with E-state index in [1.54, 1.807) is 18.2 Å². The molecule has 0 bridgehead atoms. The molecule has 0 saturated heterocycles. The van der Waals surface area contributed by atoms with Gasteiger partial charge in [0.1, 0.15) is 17.6 Å². The third-order valence-corrected chi connectivity index (χ3v) is 2.86. The fourth-order valence-corrected chi connectivity index (χ4v) is 1.89. The lowest BCUT2D eigenvalue weighted by Gasteiger charge is -2.05. The van der Waals surface area contributed by atoms with E-state index >= 15 is 0 Å². The van der Waals surface area contributed by atoms with E-state index in [9.17, 15) is 4.39 Å². The molecule has 3 rings (SSSR count). The van der Waals surface area contributed by atoms with Crippen LogP contribution >= 0.6 is 0 Å². The van der Waals surface area contributed by atoms with Crippen molar-refractivity contribution in [2.24, 2.45) is 0 Å². The second kappa shape index (κ2) is 3.67. The van der Waals surface area contributed by atoms with E-state index in [0.717, 1.165) is 18.5 Å². The summed E-state index contributed by atoms with van der Waals surface area (Å²) < 4.78 is 15.1. The van der Waals surface area contributed by atoms with Crippen LogP contribution in [0.4, 0.5) is 4.39 Å². The van der Waals surface area contributed by atoms with Crippen molar-refractivity contribution in [1.82, 2.24) is 15.0 Å². The molecule has 17 heavy (non-hydrogen) atoms. The Morgan fingerprint density at radius 2 is 2.12 bits per heavy atom. The molecule has 0 N–H and O–H groups in total. The topological polar surface area (TPSA) is 54.5 Å². The van der Waals surface area contributed by atoms with Gasteiger partial charge in [0.25, 0.3) is 0 Å². The van der Waals surface area contributed by atoms with Crippen LogP contribution in [0.1, 0.15) is 30.1 Å². The molecule has 0 radical (unpaired) electrons. The zero-order valence-electron chi connectivity index (χ0n) is 8.97. The van der Waals surface area contributed by atoms with Gasteiger partial charge in [0.15, 0.2) is 5.69 Å². The van der Waals surface area contributed by atoms with Crippen molar-refractivity contribution in [3.05, 3.63) is 41.5 Å². The van der Waals surface area contributed by atoms with E-state index in [4.69, 9.17) is 5.26 Å². The minimum atomic E-state index is -0.358. The maximum absolute atomic E-state index is 13.7. The summed E-state index contributed by atoms with van der Waals surface area (Å²) in [4.78, 5) is 0. The molecule has 5 heteroatoms. The van der Waals surface area contributed by atoms with Crippen molar-refractivity contribution in [3.8, 4) is 11.8 Å². The molecule has 1 aliphatic carbocycles. The van der Waals surface area contributed by atoms with E-state index in [2.05, 4.69) is 10.3 Å². The first kappa shape index (κ1) is 9.97. The molecule has 1 aromatic carbocycles. The highest BCUT2D eigenvalue weighted by Gasteiger charge is 2.32. The standard InChI is InChI=1S/C12H9FN4/c13-9-3-1-2-4-11(9)17-12(8-5-6-8)10(7-14)15-16-17/h1-4,8H,5-6H2. The summed E-state index contributed by atoms with van der Waals surface area (Å²) in [6, 6.07) is 8.38. The largest absolute Gasteiger partial charge is 0.213 e. The van der Waals surface area contributed by atoms with Crippen LogP contribution in [-0.2, 0) is 0 Å². The molecular weight excluding hydrogens is 219 g/mol. The molecule has 0 atom stereocenters. The van der Waals surface area contributed by atoms with Crippen LogP contribution < -0.4 is 0 Å². The van der Waals surface area contributed by atoms with Gasteiger partial charge in [-0.05, 0) is 25.0 Å². The SMILES string of the molecule is N#Cc1nnn(-c2ccccc2F)c1C1CC1. The third-order valence-electron chi connectivity index (χ3n) is 2.86. The number of rotatable bonds is 2. The van der Waals surface area contributed by atoms with Crippen molar-refractivity contribution in [1.29, 1.82) is 5.26 Å². The number of hydrogen-bond donors (Lipinski definition) is 0. The summed E-state index contributed by atoms with van der Waals surface area (Å²) in [5, 5.41) is 16.6. The summed E-state index contributed by atoms with van der Waals surface area (Å²) in [5.41, 5.74) is 1.39. The summed E-state index contributed by atoms with van der Waals surface area (Å²) in [7, 11) is 0. The Balaban J connectivity index is 2.19. The summed E-state index contributed by atoms with van der Waals surface area (Å²) >= 11 is 0. The number of hydrogen-bond acceptors (Lipinski definition) is 3. The lowest BCUT2D eigenvalue weighted by Crippen LogP contribution is -2.04. The Kier molecular flexibility index (Phi) is 2.15. The van der Waals surface area contributed by atoms with Gasteiger partial charge < -0.3 is 0 Å². The maximum Gasteiger partial charge on any atom is 0.186 e. The van der Waals surface area contributed by atoms with Crippen LogP contribution in [0.3, 0.4) is 0 Å². The van der Waals surface area contributed by atoms with Gasteiger partial charge in [0, 0.05) is 5.92 Å². The minimum absolute atomic E-state index is 0.291. The van der Waals surface area contributed by atoms with Gasteiger partial charge in [-0.2, -0.15) is 5.26 Å². The van der Waals surface area contributed by atoms with E-state index in [-0.39, 0.29) is 5.82 Å². The fourth-order valence-electron chi connectivity index (χ4n) is 1.89. The Morgan fingerprint density at radius 1 is 1.35 bits per heavy atom. The highest BCUT2D eigenvalue weighted by atomic mass is 19.1. The average molecular weight is 228 g/mol. The monoisotopic (exact) mass is 228 g/mol. The van der Waals surface area contributed by atoms with Crippen LogP contribution in [0.5, 0.6) is 0 Å². The molecule has 1 heterocycles. The summed E-state index contributed by atoms with van der Waals surface area (Å²) in [5.74, 6) is -0.0666. The number of aromatic nitrogens is 3. The lowest BCUT2D eigenvalue weighted by molar-refractivity contribution is 0.602. The first-order valence-electron chi connectivity index (χ1n) is 5.42. The van der Waals surface area contributed by atoms with Gasteiger partial charge in [0.2, 0.25) is 0 Å². The Labute approximate surface area is 97.3 Å². The molecule has 0 unspecified atom stereocenters. The minimum Gasteiger partial charge on any atom is -0.213 e. The van der Waals surface area contributed by atoms with Crippen LogP contribution in [0.2, 0.25) is 0 Å². The van der Waals surface area contributed by atoms with Crippen molar-refractivity contribution in [2.45, 2.75) is 18.8 Å².